The van der Waals surface area contributed by atoms with Crippen molar-refractivity contribution in [2.45, 2.75) is 27.2 Å². The zero-order valence-corrected chi connectivity index (χ0v) is 14.8. The largest absolute Gasteiger partial charge is 0.497 e. The highest BCUT2D eigenvalue weighted by atomic mass is 127. The van der Waals surface area contributed by atoms with Gasteiger partial charge in [-0.25, -0.2) is 0 Å². The smallest absolute Gasteiger partial charge is 0.357 e. The van der Waals surface area contributed by atoms with E-state index >= 15 is 0 Å². The Kier molecular flexibility index (Phi) is 5.08. The van der Waals surface area contributed by atoms with Crippen LogP contribution >= 0.6 is 0 Å². The fourth-order valence-corrected chi connectivity index (χ4v) is 4.19. The number of rotatable bonds is 4. The van der Waals surface area contributed by atoms with Gasteiger partial charge in [0.25, 0.3) is 0 Å². The first-order chi connectivity index (χ1) is 9.46. The van der Waals surface area contributed by atoms with Gasteiger partial charge in [0.15, 0.2) is 7.14 Å². The fraction of sp³-hybridized carbons (Fsp3) is 0.333. The van der Waals surface area contributed by atoms with Gasteiger partial charge in [-0.1, -0.05) is 32.9 Å². The fourth-order valence-electron chi connectivity index (χ4n) is 2.04. The minimum Gasteiger partial charge on any atom is -0.497 e. The van der Waals surface area contributed by atoms with Gasteiger partial charge in [-0.05, 0) is 53.8 Å². The molecule has 0 unspecified atom stereocenters. The SMILES string of the molecule is COc1ccc([I+]c2ccc(CC(C)(C)C)cc2)cc1. The molecule has 0 atom stereocenters. The van der Waals surface area contributed by atoms with Crippen molar-refractivity contribution in [2.24, 2.45) is 5.41 Å². The van der Waals surface area contributed by atoms with E-state index in [1.54, 1.807) is 7.11 Å². The maximum absolute atomic E-state index is 5.19. The van der Waals surface area contributed by atoms with Crippen LogP contribution in [-0.2, 0) is 6.42 Å². The van der Waals surface area contributed by atoms with Crippen LogP contribution in [0.1, 0.15) is 26.3 Å². The summed E-state index contributed by atoms with van der Waals surface area (Å²) >= 11 is -0.0918. The van der Waals surface area contributed by atoms with Crippen molar-refractivity contribution < 1.29 is 25.9 Å². The highest BCUT2D eigenvalue weighted by molar-refractivity contribution is 5.21. The summed E-state index contributed by atoms with van der Waals surface area (Å²) in [6.45, 7) is 6.85. The van der Waals surface area contributed by atoms with Crippen LogP contribution in [0.4, 0.5) is 0 Å². The average Bonchev–Trinajstić information content (AvgIpc) is 2.40. The molecule has 0 aromatic heterocycles. The number of benzene rings is 2. The van der Waals surface area contributed by atoms with Gasteiger partial charge in [-0.2, -0.15) is 0 Å². The van der Waals surface area contributed by atoms with Crippen LogP contribution in [-0.4, -0.2) is 7.11 Å². The zero-order chi connectivity index (χ0) is 14.6. The van der Waals surface area contributed by atoms with E-state index in [2.05, 4.69) is 57.2 Å². The maximum Gasteiger partial charge on any atom is 0.357 e. The molecule has 1 nitrogen and oxygen atoms in total. The number of ether oxygens (including phenoxy) is 1. The molecule has 0 aliphatic rings. The summed E-state index contributed by atoms with van der Waals surface area (Å²) in [6, 6.07) is 17.6. The standard InChI is InChI=1S/C18H22IO/c1-18(2,3)13-14-5-7-15(8-6-14)19-16-9-11-17(20-4)12-10-16/h5-12H,13H2,1-4H3/q+1. The first-order valence-corrected chi connectivity index (χ1v) is 9.00. The summed E-state index contributed by atoms with van der Waals surface area (Å²) in [5, 5.41) is 0. The first kappa shape index (κ1) is 15.4. The molecule has 2 rings (SSSR count). The number of methoxy groups -OCH3 is 1. The van der Waals surface area contributed by atoms with E-state index in [1.807, 2.05) is 12.1 Å². The molecule has 0 aliphatic heterocycles. The second-order valence-electron chi connectivity index (χ2n) is 6.12. The predicted molar refractivity (Wildman–Crippen MR) is 80.0 cm³/mol. The molecule has 2 aromatic carbocycles. The molecule has 2 aromatic rings. The van der Waals surface area contributed by atoms with Crippen LogP contribution in [0.25, 0.3) is 0 Å². The van der Waals surface area contributed by atoms with Crippen molar-refractivity contribution >= 4 is 0 Å². The molecule has 2 heteroatoms. The summed E-state index contributed by atoms with van der Waals surface area (Å²) in [7, 11) is 1.71. The normalized spacial score (nSPS) is 11.4. The molecule has 0 aliphatic carbocycles. The summed E-state index contributed by atoms with van der Waals surface area (Å²) in [5.74, 6) is 0.929. The molecule has 0 amide bonds. The van der Waals surface area contributed by atoms with Crippen molar-refractivity contribution in [2.75, 3.05) is 7.11 Å². The van der Waals surface area contributed by atoms with Crippen LogP contribution in [0.2, 0.25) is 0 Å². The van der Waals surface area contributed by atoms with E-state index in [1.165, 1.54) is 12.7 Å². The van der Waals surface area contributed by atoms with E-state index < -0.39 is 0 Å². The molecule has 106 valence electrons. The molecule has 0 bridgehead atoms. The average molecular weight is 381 g/mol. The monoisotopic (exact) mass is 381 g/mol. The summed E-state index contributed by atoms with van der Waals surface area (Å²) in [6.07, 6.45) is 1.13. The van der Waals surface area contributed by atoms with Gasteiger partial charge in [0, 0.05) is 0 Å². The third-order valence-corrected chi connectivity index (χ3v) is 5.60. The van der Waals surface area contributed by atoms with E-state index in [-0.39, 0.29) is 21.2 Å². The Bertz CT molecular complexity index is 535. The first-order valence-electron chi connectivity index (χ1n) is 6.84. The van der Waals surface area contributed by atoms with Crippen LogP contribution in [0.15, 0.2) is 48.5 Å². The molecule has 0 saturated heterocycles. The number of hydrogen-bond donors (Lipinski definition) is 0. The van der Waals surface area contributed by atoms with Gasteiger partial charge < -0.3 is 4.74 Å². The van der Waals surface area contributed by atoms with E-state index in [0.29, 0.717) is 5.41 Å². The van der Waals surface area contributed by atoms with E-state index in [0.717, 1.165) is 12.2 Å². The summed E-state index contributed by atoms with van der Waals surface area (Å²) in [5.41, 5.74) is 1.78. The number of hydrogen-bond acceptors (Lipinski definition) is 1. The topological polar surface area (TPSA) is 9.23 Å². The van der Waals surface area contributed by atoms with Crippen LogP contribution in [0.5, 0.6) is 5.75 Å². The molecule has 0 heterocycles. The van der Waals surface area contributed by atoms with Crippen LogP contribution < -0.4 is 25.9 Å². The van der Waals surface area contributed by atoms with Gasteiger partial charge in [-0.3, -0.25) is 0 Å². The van der Waals surface area contributed by atoms with Crippen LogP contribution in [0, 0.1) is 12.6 Å². The maximum atomic E-state index is 5.19. The second-order valence-corrected chi connectivity index (χ2v) is 9.15. The van der Waals surface area contributed by atoms with Gasteiger partial charge in [-0.15, -0.1) is 0 Å². The number of halogens is 1. The third kappa shape index (κ3) is 4.82. The Morgan fingerprint density at radius 2 is 1.35 bits per heavy atom. The zero-order valence-electron chi connectivity index (χ0n) is 12.6. The lowest BCUT2D eigenvalue weighted by Gasteiger charge is -2.17. The molecule has 0 radical (unpaired) electrons. The summed E-state index contributed by atoms with van der Waals surface area (Å²) in [4.78, 5) is 0. The lowest BCUT2D eigenvalue weighted by Crippen LogP contribution is -3.61. The van der Waals surface area contributed by atoms with E-state index in [4.69, 9.17) is 4.74 Å². The van der Waals surface area contributed by atoms with Crippen LogP contribution in [0.3, 0.4) is 0 Å². The molecule has 0 spiro atoms. The van der Waals surface area contributed by atoms with E-state index in [9.17, 15) is 0 Å². The van der Waals surface area contributed by atoms with Gasteiger partial charge in [0.05, 0.1) is 7.11 Å². The van der Waals surface area contributed by atoms with Gasteiger partial charge >= 0.3 is 21.2 Å². The summed E-state index contributed by atoms with van der Waals surface area (Å²) < 4.78 is 8.08. The quantitative estimate of drug-likeness (QED) is 0.728. The highest BCUT2D eigenvalue weighted by Gasteiger charge is 2.16. The minimum absolute atomic E-state index is 0.0918. The lowest BCUT2D eigenvalue weighted by molar-refractivity contribution is -0.597. The highest BCUT2D eigenvalue weighted by Crippen LogP contribution is 2.19. The van der Waals surface area contributed by atoms with Crippen molar-refractivity contribution in [1.29, 1.82) is 0 Å². The molecule has 20 heavy (non-hydrogen) atoms. The van der Waals surface area contributed by atoms with Gasteiger partial charge in [0.2, 0.25) is 0 Å². The lowest BCUT2D eigenvalue weighted by atomic mass is 9.88. The Hall–Kier alpha value is -1.03. The third-order valence-electron chi connectivity index (χ3n) is 2.92. The van der Waals surface area contributed by atoms with Crippen molar-refractivity contribution in [3.63, 3.8) is 0 Å². The molecular formula is C18H22IO+. The predicted octanol–water partition coefficient (Wildman–Crippen LogP) is 1.41. The van der Waals surface area contributed by atoms with Gasteiger partial charge in [0.1, 0.15) is 5.75 Å². The molecule has 0 saturated carbocycles. The molecule has 0 N–H and O–H groups in total. The molecular weight excluding hydrogens is 359 g/mol. The van der Waals surface area contributed by atoms with Crippen molar-refractivity contribution in [3.05, 3.63) is 61.2 Å². The minimum atomic E-state index is -0.0918. The Morgan fingerprint density at radius 3 is 1.80 bits per heavy atom. The van der Waals surface area contributed by atoms with Crippen molar-refractivity contribution in [1.82, 2.24) is 0 Å². The Labute approximate surface area is 132 Å². The second kappa shape index (κ2) is 6.61. The Balaban J connectivity index is 2.02. The van der Waals surface area contributed by atoms with Crippen molar-refractivity contribution in [3.8, 4) is 5.75 Å². The molecule has 0 fully saturated rings. The Morgan fingerprint density at radius 1 is 0.850 bits per heavy atom.